The van der Waals surface area contributed by atoms with Crippen LogP contribution in [0.2, 0.25) is 0 Å². The van der Waals surface area contributed by atoms with Gasteiger partial charge in [-0.05, 0) is 46.9 Å². The van der Waals surface area contributed by atoms with E-state index in [1.165, 1.54) is 4.31 Å². The van der Waals surface area contributed by atoms with Gasteiger partial charge < -0.3 is 0 Å². The first-order valence-corrected chi connectivity index (χ1v) is 8.99. The number of nitrogens with zero attached hydrogens (tertiary/aromatic N) is 1. The molecule has 0 saturated heterocycles. The van der Waals surface area contributed by atoms with Gasteiger partial charge in [0.05, 0.1) is 4.90 Å². The summed E-state index contributed by atoms with van der Waals surface area (Å²) in [6.45, 7) is 4.44. The van der Waals surface area contributed by atoms with Crippen molar-refractivity contribution >= 4 is 55.2 Å². The van der Waals surface area contributed by atoms with E-state index < -0.39 is 10.0 Å². The zero-order valence-electron chi connectivity index (χ0n) is 9.14. The van der Waals surface area contributed by atoms with Gasteiger partial charge in [0.15, 0.2) is 0 Å². The number of hydrogen-bond acceptors (Lipinski definition) is 2. The highest BCUT2D eigenvalue weighted by Crippen LogP contribution is 2.17. The van der Waals surface area contributed by atoms with Crippen molar-refractivity contribution in [2.45, 2.75) is 4.90 Å². The molecule has 0 saturated carbocycles. The highest BCUT2D eigenvalue weighted by molar-refractivity contribution is 14.1. The molecule has 6 heteroatoms. The van der Waals surface area contributed by atoms with Crippen LogP contribution in [0.1, 0.15) is 0 Å². The Hall–Kier alpha value is 0.330. The van der Waals surface area contributed by atoms with E-state index in [9.17, 15) is 8.42 Å². The Morgan fingerprint density at radius 1 is 1.29 bits per heavy atom. The van der Waals surface area contributed by atoms with Crippen molar-refractivity contribution in [1.82, 2.24) is 4.31 Å². The van der Waals surface area contributed by atoms with Crippen LogP contribution in [0.25, 0.3) is 0 Å². The van der Waals surface area contributed by atoms with Crippen molar-refractivity contribution in [3.05, 3.63) is 40.5 Å². The Morgan fingerprint density at radius 3 is 2.35 bits per heavy atom. The van der Waals surface area contributed by atoms with E-state index >= 15 is 0 Å². The van der Waals surface area contributed by atoms with Crippen molar-refractivity contribution in [3.63, 3.8) is 0 Å². The molecule has 0 amide bonds. The summed E-state index contributed by atoms with van der Waals surface area (Å²) in [7, 11) is -3.39. The molecule has 0 aliphatic heterocycles. The molecular formula is C11H13I2NO2S. The third kappa shape index (κ3) is 4.18. The number of sulfonamides is 1. The fourth-order valence-corrected chi connectivity index (χ4v) is 3.98. The number of hydrogen-bond donors (Lipinski definition) is 0. The van der Waals surface area contributed by atoms with Gasteiger partial charge >= 0.3 is 0 Å². The molecule has 1 aromatic rings. The second-order valence-corrected chi connectivity index (χ2v) is 7.56. The number of benzene rings is 1. The maximum Gasteiger partial charge on any atom is 0.243 e. The van der Waals surface area contributed by atoms with Gasteiger partial charge in [0.1, 0.15) is 0 Å². The van der Waals surface area contributed by atoms with Gasteiger partial charge in [-0.1, -0.05) is 28.7 Å². The molecule has 0 radical (unpaired) electrons. The number of rotatable bonds is 6. The Labute approximate surface area is 130 Å². The SMILES string of the molecule is C=CCN(CCI)S(=O)(=O)c1ccc(I)cc1. The molecule has 0 bridgehead atoms. The van der Waals surface area contributed by atoms with Gasteiger partial charge in [-0.3, -0.25) is 0 Å². The van der Waals surface area contributed by atoms with Gasteiger partial charge in [0.2, 0.25) is 10.0 Å². The van der Waals surface area contributed by atoms with Crippen molar-refractivity contribution in [2.24, 2.45) is 0 Å². The number of halogens is 2. The summed E-state index contributed by atoms with van der Waals surface area (Å²) in [4.78, 5) is 0.338. The lowest BCUT2D eigenvalue weighted by Gasteiger charge is -2.19. The van der Waals surface area contributed by atoms with E-state index in [-0.39, 0.29) is 0 Å². The van der Waals surface area contributed by atoms with Gasteiger partial charge in [-0.15, -0.1) is 6.58 Å². The van der Waals surface area contributed by atoms with Crippen LogP contribution in [-0.4, -0.2) is 30.2 Å². The van der Waals surface area contributed by atoms with Crippen LogP contribution in [0, 0.1) is 3.57 Å². The molecule has 0 atom stereocenters. The van der Waals surface area contributed by atoms with Crippen LogP contribution >= 0.6 is 45.2 Å². The van der Waals surface area contributed by atoms with Crippen molar-refractivity contribution in [2.75, 3.05) is 17.5 Å². The lowest BCUT2D eigenvalue weighted by Crippen LogP contribution is -2.32. The summed E-state index contributed by atoms with van der Waals surface area (Å²) in [5.41, 5.74) is 0. The first-order chi connectivity index (χ1) is 8.02. The molecule has 3 nitrogen and oxygen atoms in total. The molecule has 94 valence electrons. The molecular weight excluding hydrogens is 464 g/mol. The summed E-state index contributed by atoms with van der Waals surface area (Å²) < 4.78 is 27.8. The zero-order valence-corrected chi connectivity index (χ0v) is 14.3. The summed E-state index contributed by atoms with van der Waals surface area (Å²) in [6.07, 6.45) is 1.61. The smallest absolute Gasteiger partial charge is 0.207 e. The molecule has 0 unspecified atom stereocenters. The fraction of sp³-hybridized carbons (Fsp3) is 0.273. The van der Waals surface area contributed by atoms with Gasteiger partial charge in [-0.25, -0.2) is 8.42 Å². The second kappa shape index (κ2) is 7.05. The highest BCUT2D eigenvalue weighted by atomic mass is 127. The molecule has 0 spiro atoms. The Morgan fingerprint density at radius 2 is 1.88 bits per heavy atom. The number of alkyl halides is 1. The summed E-state index contributed by atoms with van der Waals surface area (Å²) in [6, 6.07) is 6.87. The second-order valence-electron chi connectivity index (χ2n) is 3.29. The average Bonchev–Trinajstić information content (AvgIpc) is 2.29. The Balaban J connectivity index is 3.06. The topological polar surface area (TPSA) is 37.4 Å². The molecule has 0 fully saturated rings. The molecule has 0 aliphatic rings. The molecule has 1 rings (SSSR count). The third-order valence-corrected chi connectivity index (χ3v) is 5.20. The standard InChI is InChI=1S/C11H13I2NO2S/c1-2-8-14(9-7-12)17(15,16)11-5-3-10(13)4-6-11/h2-6H,1,7-9H2. The summed E-state index contributed by atoms with van der Waals surface area (Å²) in [5, 5.41) is 0. The normalized spacial score (nSPS) is 11.7. The van der Waals surface area contributed by atoms with E-state index in [2.05, 4.69) is 51.8 Å². The quantitative estimate of drug-likeness (QED) is 0.359. The lowest BCUT2D eigenvalue weighted by atomic mass is 10.4. The van der Waals surface area contributed by atoms with E-state index in [0.717, 1.165) is 8.00 Å². The predicted octanol–water partition coefficient (Wildman–Crippen LogP) is 2.90. The molecule has 0 heterocycles. The predicted molar refractivity (Wildman–Crippen MR) is 87.0 cm³/mol. The summed E-state index contributed by atoms with van der Waals surface area (Å²) in [5.74, 6) is 0. The van der Waals surface area contributed by atoms with E-state index in [0.29, 0.717) is 18.0 Å². The average molecular weight is 477 g/mol. The minimum atomic E-state index is -3.39. The molecule has 0 aromatic heterocycles. The van der Waals surface area contributed by atoms with Crippen molar-refractivity contribution in [3.8, 4) is 0 Å². The molecule has 17 heavy (non-hydrogen) atoms. The van der Waals surface area contributed by atoms with Crippen molar-refractivity contribution in [1.29, 1.82) is 0 Å². The van der Waals surface area contributed by atoms with Crippen LogP contribution in [-0.2, 0) is 10.0 Å². The summed E-state index contributed by atoms with van der Waals surface area (Å²) >= 11 is 4.31. The van der Waals surface area contributed by atoms with E-state index in [1.807, 2.05) is 0 Å². The molecule has 1 aromatic carbocycles. The molecule has 0 N–H and O–H groups in total. The fourth-order valence-electron chi connectivity index (χ4n) is 1.30. The monoisotopic (exact) mass is 477 g/mol. The van der Waals surface area contributed by atoms with Crippen LogP contribution in [0.3, 0.4) is 0 Å². The maximum atomic E-state index is 12.3. The van der Waals surface area contributed by atoms with E-state index in [1.54, 1.807) is 30.3 Å². The van der Waals surface area contributed by atoms with Crippen LogP contribution in [0.5, 0.6) is 0 Å². The largest absolute Gasteiger partial charge is 0.243 e. The van der Waals surface area contributed by atoms with Gasteiger partial charge in [-0.2, -0.15) is 4.31 Å². The molecule has 0 aliphatic carbocycles. The first kappa shape index (κ1) is 15.4. The van der Waals surface area contributed by atoms with Crippen molar-refractivity contribution < 1.29 is 8.42 Å². The van der Waals surface area contributed by atoms with Crippen LogP contribution in [0.4, 0.5) is 0 Å². The van der Waals surface area contributed by atoms with E-state index in [4.69, 9.17) is 0 Å². The third-order valence-electron chi connectivity index (χ3n) is 2.12. The maximum absolute atomic E-state index is 12.3. The lowest BCUT2D eigenvalue weighted by molar-refractivity contribution is 0.464. The highest BCUT2D eigenvalue weighted by Gasteiger charge is 2.22. The van der Waals surface area contributed by atoms with Gasteiger partial charge in [0, 0.05) is 21.1 Å². The Kier molecular flexibility index (Phi) is 6.38. The minimum Gasteiger partial charge on any atom is -0.207 e. The van der Waals surface area contributed by atoms with Gasteiger partial charge in [0.25, 0.3) is 0 Å². The Bertz CT molecular complexity index is 471. The van der Waals surface area contributed by atoms with Crippen LogP contribution < -0.4 is 0 Å². The van der Waals surface area contributed by atoms with Crippen LogP contribution in [0.15, 0.2) is 41.8 Å². The first-order valence-electron chi connectivity index (χ1n) is 4.95. The minimum absolute atomic E-state index is 0.338. The zero-order chi connectivity index (χ0) is 12.9.